The van der Waals surface area contributed by atoms with Crippen LogP contribution in [0.4, 0.5) is 0 Å². The van der Waals surface area contributed by atoms with Gasteiger partial charge < -0.3 is 15.4 Å². The third kappa shape index (κ3) is 3.45. The molecule has 2 aromatic rings. The van der Waals surface area contributed by atoms with Crippen molar-refractivity contribution in [1.29, 1.82) is 0 Å². The average Bonchev–Trinajstić information content (AvgIpc) is 2.83. The minimum Gasteiger partial charge on any atom is -0.478 e. The Hall–Kier alpha value is -2.08. The monoisotopic (exact) mass is 322 g/mol. The molecular formula is C13H11BrN2O3. The first kappa shape index (κ1) is 13.4. The molecule has 0 aliphatic heterocycles. The molecule has 98 valence electrons. The van der Waals surface area contributed by atoms with E-state index in [4.69, 9.17) is 5.11 Å². The average molecular weight is 323 g/mol. The lowest BCUT2D eigenvalue weighted by Gasteiger charge is -2.04. The van der Waals surface area contributed by atoms with E-state index >= 15 is 0 Å². The molecule has 0 unspecified atom stereocenters. The van der Waals surface area contributed by atoms with Gasteiger partial charge in [0, 0.05) is 17.2 Å². The first-order valence-corrected chi connectivity index (χ1v) is 6.30. The molecule has 2 rings (SSSR count). The molecule has 0 saturated carbocycles. The zero-order valence-corrected chi connectivity index (χ0v) is 11.4. The number of hydrogen-bond donors (Lipinski definition) is 3. The van der Waals surface area contributed by atoms with Gasteiger partial charge in [0.05, 0.1) is 5.56 Å². The van der Waals surface area contributed by atoms with E-state index < -0.39 is 5.97 Å². The number of halogens is 1. The zero-order chi connectivity index (χ0) is 13.8. The summed E-state index contributed by atoms with van der Waals surface area (Å²) in [7, 11) is 0. The molecule has 1 aromatic heterocycles. The highest BCUT2D eigenvalue weighted by Crippen LogP contribution is 2.10. The van der Waals surface area contributed by atoms with E-state index in [9.17, 15) is 9.59 Å². The van der Waals surface area contributed by atoms with Gasteiger partial charge in [-0.2, -0.15) is 0 Å². The van der Waals surface area contributed by atoms with Gasteiger partial charge in [0.25, 0.3) is 5.91 Å². The molecule has 1 heterocycles. The molecule has 19 heavy (non-hydrogen) atoms. The van der Waals surface area contributed by atoms with E-state index in [2.05, 4.69) is 26.2 Å². The molecule has 0 spiro atoms. The van der Waals surface area contributed by atoms with Crippen LogP contribution in [0.3, 0.4) is 0 Å². The van der Waals surface area contributed by atoms with Gasteiger partial charge in [-0.25, -0.2) is 4.79 Å². The van der Waals surface area contributed by atoms with Crippen molar-refractivity contribution in [3.63, 3.8) is 0 Å². The molecule has 0 saturated heterocycles. The standard InChI is InChI=1S/C13H11BrN2O3/c14-10-5-11(15-7-10)12(17)16-6-8-1-3-9(4-2-8)13(18)19/h1-5,7,15H,6H2,(H,16,17)(H,18,19). The van der Waals surface area contributed by atoms with E-state index in [1.165, 1.54) is 12.1 Å². The SMILES string of the molecule is O=C(O)c1ccc(CNC(=O)c2cc(Br)c[nH]2)cc1. The van der Waals surface area contributed by atoms with Crippen LogP contribution in [0.2, 0.25) is 0 Å². The summed E-state index contributed by atoms with van der Waals surface area (Å²) < 4.78 is 0.809. The lowest BCUT2D eigenvalue weighted by molar-refractivity contribution is 0.0696. The Morgan fingerprint density at radius 2 is 1.95 bits per heavy atom. The lowest BCUT2D eigenvalue weighted by Crippen LogP contribution is -2.23. The smallest absolute Gasteiger partial charge is 0.335 e. The van der Waals surface area contributed by atoms with Crippen molar-refractivity contribution in [3.8, 4) is 0 Å². The quantitative estimate of drug-likeness (QED) is 0.808. The number of benzene rings is 1. The third-order valence-electron chi connectivity index (χ3n) is 2.55. The van der Waals surface area contributed by atoms with Crippen LogP contribution >= 0.6 is 15.9 Å². The van der Waals surface area contributed by atoms with E-state index in [-0.39, 0.29) is 11.5 Å². The van der Waals surface area contributed by atoms with Crippen molar-refractivity contribution >= 4 is 27.8 Å². The van der Waals surface area contributed by atoms with Crippen molar-refractivity contribution < 1.29 is 14.7 Å². The number of hydrogen-bond acceptors (Lipinski definition) is 2. The van der Waals surface area contributed by atoms with Crippen LogP contribution < -0.4 is 5.32 Å². The van der Waals surface area contributed by atoms with Crippen LogP contribution in [-0.2, 0) is 6.54 Å². The fourth-order valence-electron chi connectivity index (χ4n) is 1.54. The molecule has 0 bridgehead atoms. The number of aromatic amines is 1. The molecule has 0 atom stereocenters. The maximum atomic E-state index is 11.7. The molecule has 0 aliphatic rings. The molecule has 0 radical (unpaired) electrons. The first-order valence-electron chi connectivity index (χ1n) is 5.50. The predicted octanol–water partition coefficient (Wildman–Crippen LogP) is 2.41. The molecule has 1 amide bonds. The molecule has 3 N–H and O–H groups in total. The Balaban J connectivity index is 1.95. The maximum absolute atomic E-state index is 11.7. The van der Waals surface area contributed by atoms with Gasteiger partial charge in [0.15, 0.2) is 0 Å². The van der Waals surface area contributed by atoms with Gasteiger partial charge in [-0.15, -0.1) is 0 Å². The summed E-state index contributed by atoms with van der Waals surface area (Å²) in [4.78, 5) is 25.3. The summed E-state index contributed by atoms with van der Waals surface area (Å²) in [5.41, 5.74) is 1.53. The van der Waals surface area contributed by atoms with Crippen LogP contribution in [0.5, 0.6) is 0 Å². The fourth-order valence-corrected chi connectivity index (χ4v) is 1.89. The molecule has 6 heteroatoms. The number of nitrogens with one attached hydrogen (secondary N) is 2. The Morgan fingerprint density at radius 1 is 1.26 bits per heavy atom. The number of carboxylic acids is 1. The number of H-pyrrole nitrogens is 1. The van der Waals surface area contributed by atoms with Gasteiger partial charge in [0.2, 0.25) is 0 Å². The van der Waals surface area contributed by atoms with Crippen molar-refractivity contribution in [2.24, 2.45) is 0 Å². The highest BCUT2D eigenvalue weighted by Gasteiger charge is 2.07. The Labute approximate surface area is 117 Å². The second kappa shape index (κ2) is 5.71. The number of aromatic carboxylic acids is 1. The van der Waals surface area contributed by atoms with E-state index in [1.807, 2.05) is 0 Å². The highest BCUT2D eigenvalue weighted by molar-refractivity contribution is 9.10. The Bertz CT molecular complexity index is 605. The third-order valence-corrected chi connectivity index (χ3v) is 3.00. The van der Waals surface area contributed by atoms with Gasteiger partial charge in [-0.05, 0) is 39.7 Å². The van der Waals surface area contributed by atoms with Crippen LogP contribution in [0, 0.1) is 0 Å². The highest BCUT2D eigenvalue weighted by atomic mass is 79.9. The number of rotatable bonds is 4. The minimum absolute atomic E-state index is 0.215. The summed E-state index contributed by atoms with van der Waals surface area (Å²) in [6.45, 7) is 0.343. The fraction of sp³-hybridized carbons (Fsp3) is 0.0769. The van der Waals surface area contributed by atoms with Crippen molar-refractivity contribution in [2.45, 2.75) is 6.54 Å². The largest absolute Gasteiger partial charge is 0.478 e. The summed E-state index contributed by atoms with van der Waals surface area (Å²) in [5.74, 6) is -1.18. The van der Waals surface area contributed by atoms with E-state index in [0.717, 1.165) is 10.0 Å². The number of amides is 1. The molecule has 0 fully saturated rings. The topological polar surface area (TPSA) is 82.2 Å². The molecule has 1 aromatic carbocycles. The summed E-state index contributed by atoms with van der Waals surface area (Å²) in [6.07, 6.45) is 1.68. The summed E-state index contributed by atoms with van der Waals surface area (Å²) >= 11 is 3.25. The van der Waals surface area contributed by atoms with E-state index in [0.29, 0.717) is 12.2 Å². The van der Waals surface area contributed by atoms with Crippen molar-refractivity contribution in [1.82, 2.24) is 10.3 Å². The van der Waals surface area contributed by atoms with Gasteiger partial charge in [0.1, 0.15) is 5.69 Å². The summed E-state index contributed by atoms with van der Waals surface area (Å²) in [5, 5.41) is 11.5. The Kier molecular flexibility index (Phi) is 4.01. The van der Waals surface area contributed by atoms with Crippen LogP contribution in [0.15, 0.2) is 41.0 Å². The molecular weight excluding hydrogens is 312 g/mol. The zero-order valence-electron chi connectivity index (χ0n) is 9.81. The molecule has 0 aliphatic carbocycles. The summed E-state index contributed by atoms with van der Waals surface area (Å²) in [6, 6.07) is 8.05. The normalized spacial score (nSPS) is 10.2. The van der Waals surface area contributed by atoms with Gasteiger partial charge in [-0.3, -0.25) is 4.79 Å². The first-order chi connectivity index (χ1) is 9.06. The van der Waals surface area contributed by atoms with Gasteiger partial charge in [-0.1, -0.05) is 12.1 Å². The van der Waals surface area contributed by atoms with Crippen LogP contribution in [0.25, 0.3) is 0 Å². The number of carbonyl (C=O) groups excluding carboxylic acids is 1. The maximum Gasteiger partial charge on any atom is 0.335 e. The second-order valence-corrected chi connectivity index (χ2v) is 4.83. The Morgan fingerprint density at radius 3 is 2.47 bits per heavy atom. The second-order valence-electron chi connectivity index (χ2n) is 3.92. The van der Waals surface area contributed by atoms with Crippen molar-refractivity contribution in [2.75, 3.05) is 0 Å². The number of aromatic nitrogens is 1. The van der Waals surface area contributed by atoms with Crippen molar-refractivity contribution in [3.05, 3.63) is 57.8 Å². The minimum atomic E-state index is -0.966. The number of carboxylic acid groups (broad SMARTS) is 1. The number of carbonyl (C=O) groups is 2. The lowest BCUT2D eigenvalue weighted by atomic mass is 10.1. The van der Waals surface area contributed by atoms with Gasteiger partial charge >= 0.3 is 5.97 Å². The molecule has 5 nitrogen and oxygen atoms in total. The van der Waals surface area contributed by atoms with E-state index in [1.54, 1.807) is 24.4 Å². The van der Waals surface area contributed by atoms with Crippen LogP contribution in [0.1, 0.15) is 26.4 Å². The van der Waals surface area contributed by atoms with Crippen LogP contribution in [-0.4, -0.2) is 22.0 Å². The predicted molar refractivity (Wildman–Crippen MR) is 73.1 cm³/mol.